The van der Waals surface area contributed by atoms with Crippen LogP contribution in [0.4, 0.5) is 18.0 Å². The summed E-state index contributed by atoms with van der Waals surface area (Å²) in [5.74, 6) is 1.25. The fourth-order valence-corrected chi connectivity index (χ4v) is 4.73. The molecule has 192 valence electrons. The van der Waals surface area contributed by atoms with Gasteiger partial charge in [-0.2, -0.15) is 13.2 Å². The summed E-state index contributed by atoms with van der Waals surface area (Å²) in [5, 5.41) is 17.8. The molecule has 2 heterocycles. The molecular weight excluding hydrogens is 465 g/mol. The van der Waals surface area contributed by atoms with Crippen molar-refractivity contribution < 1.29 is 32.2 Å². The Labute approximate surface area is 202 Å². The van der Waals surface area contributed by atoms with Crippen LogP contribution in [0.2, 0.25) is 0 Å². The quantitative estimate of drug-likeness (QED) is 0.652. The largest absolute Gasteiger partial charge is 0.440 e. The molecule has 0 unspecified atom stereocenters. The van der Waals surface area contributed by atoms with E-state index in [4.69, 9.17) is 4.42 Å². The standard InChI is InChI=1S/C24H31F3N4O4/c1-14-6-17(10-21-28-29-22(35-21)18-8-20(32)9-18)16(3)19(7-14)12-30-4-5-31(15(2)11-30)23(33)34-13-24(25,26)27/h6-7,15,18,20,32H,4-5,8-13H2,1-3H3/t15-,18?,20?/m0/s1. The van der Waals surface area contributed by atoms with E-state index in [-0.39, 0.29) is 18.1 Å². The van der Waals surface area contributed by atoms with Crippen LogP contribution in [0.1, 0.15) is 59.7 Å². The Bertz CT molecular complexity index is 1050. The second-order valence-electron chi connectivity index (χ2n) is 9.69. The molecule has 1 aromatic heterocycles. The van der Waals surface area contributed by atoms with Crippen molar-refractivity contribution >= 4 is 6.09 Å². The molecule has 2 fully saturated rings. The number of aromatic nitrogens is 2. The highest BCUT2D eigenvalue weighted by atomic mass is 19.4. The van der Waals surface area contributed by atoms with E-state index in [1.54, 1.807) is 0 Å². The Hall–Kier alpha value is -2.66. The molecule has 0 bridgehead atoms. The monoisotopic (exact) mass is 496 g/mol. The number of alkyl halides is 3. The van der Waals surface area contributed by atoms with Gasteiger partial charge in [-0.1, -0.05) is 17.7 Å². The Morgan fingerprint density at radius 2 is 1.91 bits per heavy atom. The van der Waals surface area contributed by atoms with Gasteiger partial charge in [0.15, 0.2) is 6.61 Å². The summed E-state index contributed by atoms with van der Waals surface area (Å²) in [6.45, 7) is 6.34. The first-order chi connectivity index (χ1) is 16.5. The normalized spacial score (nSPS) is 23.3. The first kappa shape index (κ1) is 25.4. The fraction of sp³-hybridized carbons (Fsp3) is 0.625. The molecule has 1 amide bonds. The SMILES string of the molecule is Cc1cc(Cc2nnc(C3CC(O)C3)o2)c(C)c(CN2CCN(C(=O)OCC(F)(F)F)[C@@H](C)C2)c1. The van der Waals surface area contributed by atoms with Crippen molar-refractivity contribution in [1.82, 2.24) is 20.0 Å². The highest BCUT2D eigenvalue weighted by molar-refractivity contribution is 5.68. The van der Waals surface area contributed by atoms with Crippen molar-refractivity contribution in [2.75, 3.05) is 26.2 Å². The van der Waals surface area contributed by atoms with Crippen molar-refractivity contribution in [3.8, 4) is 0 Å². The van der Waals surface area contributed by atoms with E-state index >= 15 is 0 Å². The Kier molecular flexibility index (Phi) is 7.37. The van der Waals surface area contributed by atoms with Crippen LogP contribution >= 0.6 is 0 Å². The fourth-order valence-electron chi connectivity index (χ4n) is 4.73. The minimum absolute atomic E-state index is 0.131. The lowest BCUT2D eigenvalue weighted by molar-refractivity contribution is -0.163. The third-order valence-corrected chi connectivity index (χ3v) is 6.75. The van der Waals surface area contributed by atoms with E-state index in [0.29, 0.717) is 57.2 Å². The summed E-state index contributed by atoms with van der Waals surface area (Å²) >= 11 is 0. The summed E-state index contributed by atoms with van der Waals surface area (Å²) in [6.07, 6.45) is -3.94. The van der Waals surface area contributed by atoms with Crippen LogP contribution in [0, 0.1) is 13.8 Å². The molecule has 1 saturated heterocycles. The number of carbonyl (C=O) groups excluding carboxylic acids is 1. The predicted molar refractivity (Wildman–Crippen MR) is 120 cm³/mol. The lowest BCUT2D eigenvalue weighted by Crippen LogP contribution is -2.54. The van der Waals surface area contributed by atoms with Gasteiger partial charge in [0.05, 0.1) is 12.5 Å². The molecule has 1 aliphatic carbocycles. The van der Waals surface area contributed by atoms with Gasteiger partial charge in [-0.3, -0.25) is 4.90 Å². The number of amides is 1. The smallest absolute Gasteiger partial charge is 0.422 e. The molecular formula is C24H31F3N4O4. The lowest BCUT2D eigenvalue weighted by Gasteiger charge is -2.39. The van der Waals surface area contributed by atoms with Gasteiger partial charge in [-0.25, -0.2) is 4.79 Å². The number of hydrogen-bond acceptors (Lipinski definition) is 7. The number of aliphatic hydroxyl groups excluding tert-OH is 1. The van der Waals surface area contributed by atoms with Crippen LogP contribution in [-0.4, -0.2) is 75.8 Å². The molecule has 1 aromatic carbocycles. The summed E-state index contributed by atoms with van der Waals surface area (Å²) in [7, 11) is 0. The molecule has 1 N–H and O–H groups in total. The predicted octanol–water partition coefficient (Wildman–Crippen LogP) is 3.72. The summed E-state index contributed by atoms with van der Waals surface area (Å²) < 4.78 is 47.4. The van der Waals surface area contributed by atoms with Crippen LogP contribution in [0.5, 0.6) is 0 Å². The molecule has 11 heteroatoms. The molecule has 2 aromatic rings. The Morgan fingerprint density at radius 3 is 2.57 bits per heavy atom. The van der Waals surface area contributed by atoms with Gasteiger partial charge in [0.2, 0.25) is 11.8 Å². The van der Waals surface area contributed by atoms with Gasteiger partial charge in [-0.05, 0) is 50.3 Å². The number of piperazine rings is 1. The molecule has 1 atom stereocenters. The maximum absolute atomic E-state index is 12.4. The average Bonchev–Trinajstić information content (AvgIpc) is 3.20. The summed E-state index contributed by atoms with van der Waals surface area (Å²) in [4.78, 5) is 15.6. The van der Waals surface area contributed by atoms with Gasteiger partial charge in [-0.15, -0.1) is 10.2 Å². The van der Waals surface area contributed by atoms with Crippen molar-refractivity contribution in [2.45, 2.75) is 70.8 Å². The topological polar surface area (TPSA) is 91.9 Å². The summed E-state index contributed by atoms with van der Waals surface area (Å²) in [6, 6.07) is 3.96. The van der Waals surface area contributed by atoms with Crippen molar-refractivity contribution in [3.05, 3.63) is 46.2 Å². The number of benzene rings is 1. The summed E-state index contributed by atoms with van der Waals surface area (Å²) in [5.41, 5.74) is 4.45. The van der Waals surface area contributed by atoms with Crippen molar-refractivity contribution in [3.63, 3.8) is 0 Å². The maximum Gasteiger partial charge on any atom is 0.422 e. The molecule has 1 saturated carbocycles. The lowest BCUT2D eigenvalue weighted by atomic mass is 9.82. The van der Waals surface area contributed by atoms with E-state index in [2.05, 4.69) is 38.9 Å². The number of rotatable bonds is 6. The number of aliphatic hydroxyl groups is 1. The van der Waals surface area contributed by atoms with E-state index in [1.807, 2.05) is 13.8 Å². The second kappa shape index (κ2) is 10.1. The second-order valence-corrected chi connectivity index (χ2v) is 9.69. The zero-order valence-electron chi connectivity index (χ0n) is 20.1. The zero-order chi connectivity index (χ0) is 25.3. The van der Waals surface area contributed by atoms with Gasteiger partial charge in [0.1, 0.15) is 0 Å². The minimum Gasteiger partial charge on any atom is -0.440 e. The third kappa shape index (κ3) is 6.32. The van der Waals surface area contributed by atoms with Crippen LogP contribution < -0.4 is 0 Å². The van der Waals surface area contributed by atoms with Gasteiger partial charge >= 0.3 is 12.3 Å². The highest BCUT2D eigenvalue weighted by Crippen LogP contribution is 2.36. The first-order valence-electron chi connectivity index (χ1n) is 11.8. The molecule has 8 nitrogen and oxygen atoms in total. The van der Waals surface area contributed by atoms with Crippen LogP contribution in [0.25, 0.3) is 0 Å². The average molecular weight is 497 g/mol. The van der Waals surface area contributed by atoms with Crippen LogP contribution in [0.3, 0.4) is 0 Å². The maximum atomic E-state index is 12.4. The molecule has 1 aliphatic heterocycles. The van der Waals surface area contributed by atoms with Gasteiger partial charge in [0, 0.05) is 38.1 Å². The number of hydrogen-bond donors (Lipinski definition) is 1. The molecule has 0 radical (unpaired) electrons. The van der Waals surface area contributed by atoms with E-state index in [1.165, 1.54) is 4.90 Å². The van der Waals surface area contributed by atoms with E-state index in [0.717, 1.165) is 22.3 Å². The number of aryl methyl sites for hydroxylation is 1. The van der Waals surface area contributed by atoms with Gasteiger partial charge in [0.25, 0.3) is 0 Å². The number of ether oxygens (including phenoxy) is 1. The van der Waals surface area contributed by atoms with E-state index in [9.17, 15) is 23.1 Å². The molecule has 35 heavy (non-hydrogen) atoms. The van der Waals surface area contributed by atoms with Gasteiger partial charge < -0.3 is 19.2 Å². The number of carbonyl (C=O) groups is 1. The number of halogens is 3. The van der Waals surface area contributed by atoms with Crippen molar-refractivity contribution in [2.24, 2.45) is 0 Å². The van der Waals surface area contributed by atoms with Crippen LogP contribution in [-0.2, 0) is 17.7 Å². The Balaban J connectivity index is 1.37. The van der Waals surface area contributed by atoms with E-state index < -0.39 is 18.9 Å². The minimum atomic E-state index is -4.54. The zero-order valence-corrected chi connectivity index (χ0v) is 20.1. The Morgan fingerprint density at radius 1 is 1.20 bits per heavy atom. The molecule has 2 aliphatic rings. The molecule has 4 rings (SSSR count). The third-order valence-electron chi connectivity index (χ3n) is 6.75. The molecule has 0 spiro atoms. The van der Waals surface area contributed by atoms with Crippen LogP contribution in [0.15, 0.2) is 16.5 Å². The number of nitrogens with zero attached hydrogens (tertiary/aromatic N) is 4. The van der Waals surface area contributed by atoms with Crippen molar-refractivity contribution in [1.29, 1.82) is 0 Å². The first-order valence-corrected chi connectivity index (χ1v) is 11.8. The highest BCUT2D eigenvalue weighted by Gasteiger charge is 2.34.